The Balaban J connectivity index is 1.56. The fraction of sp³-hybridized carbons (Fsp3) is 1.00. The number of rotatable bonds is 2. The second-order valence-electron chi connectivity index (χ2n) is 5.50. The first-order valence-electron chi connectivity index (χ1n) is 6.10. The molecule has 5 atom stereocenters. The molecule has 0 spiro atoms. The van der Waals surface area contributed by atoms with Crippen LogP contribution in [0.1, 0.15) is 45.4 Å². The Labute approximate surface area is 81.3 Å². The van der Waals surface area contributed by atoms with Crippen LogP contribution >= 0.6 is 0 Å². The molecule has 0 aromatic heterocycles. The van der Waals surface area contributed by atoms with Crippen LogP contribution in [0.3, 0.4) is 0 Å². The van der Waals surface area contributed by atoms with Crippen molar-refractivity contribution in [3.8, 4) is 0 Å². The van der Waals surface area contributed by atoms with E-state index in [0.29, 0.717) is 0 Å². The Morgan fingerprint density at radius 1 is 1.23 bits per heavy atom. The Morgan fingerprint density at radius 2 is 2.00 bits per heavy atom. The van der Waals surface area contributed by atoms with Gasteiger partial charge in [0.2, 0.25) is 0 Å². The van der Waals surface area contributed by atoms with Crippen molar-refractivity contribution in [1.82, 2.24) is 5.32 Å². The predicted molar refractivity (Wildman–Crippen MR) is 54.6 cm³/mol. The van der Waals surface area contributed by atoms with Gasteiger partial charge in [-0.15, -0.1) is 0 Å². The third-order valence-corrected chi connectivity index (χ3v) is 4.51. The molecule has 3 aliphatic rings. The van der Waals surface area contributed by atoms with E-state index in [0.717, 1.165) is 29.8 Å². The van der Waals surface area contributed by atoms with Gasteiger partial charge in [-0.1, -0.05) is 25.7 Å². The van der Waals surface area contributed by atoms with Crippen molar-refractivity contribution < 1.29 is 0 Å². The first kappa shape index (κ1) is 8.28. The molecule has 0 aromatic carbocycles. The minimum absolute atomic E-state index is 0.834. The minimum atomic E-state index is 0.834. The van der Waals surface area contributed by atoms with Crippen molar-refractivity contribution in [3.63, 3.8) is 0 Å². The summed E-state index contributed by atoms with van der Waals surface area (Å²) in [6.45, 7) is 2.33. The van der Waals surface area contributed by atoms with E-state index in [-0.39, 0.29) is 0 Å². The summed E-state index contributed by atoms with van der Waals surface area (Å²) in [5.41, 5.74) is 0. The molecule has 5 unspecified atom stereocenters. The van der Waals surface area contributed by atoms with Crippen molar-refractivity contribution in [2.24, 2.45) is 17.8 Å². The van der Waals surface area contributed by atoms with E-state index in [9.17, 15) is 0 Å². The molecule has 2 aliphatic carbocycles. The molecule has 0 bridgehead atoms. The van der Waals surface area contributed by atoms with Gasteiger partial charge < -0.3 is 5.32 Å². The van der Waals surface area contributed by atoms with Crippen LogP contribution in [0, 0.1) is 17.8 Å². The van der Waals surface area contributed by atoms with Crippen LogP contribution in [0.2, 0.25) is 0 Å². The summed E-state index contributed by atoms with van der Waals surface area (Å²) in [6, 6.07) is 1.73. The number of fused-ring (bicyclic) bond motifs is 1. The summed E-state index contributed by atoms with van der Waals surface area (Å²) in [6.07, 6.45) is 9.18. The van der Waals surface area contributed by atoms with Crippen LogP contribution in [0.5, 0.6) is 0 Å². The second-order valence-corrected chi connectivity index (χ2v) is 5.50. The summed E-state index contributed by atoms with van der Waals surface area (Å²) in [7, 11) is 0. The maximum atomic E-state index is 3.54. The largest absolute Gasteiger partial charge is 0.308 e. The molecule has 1 aliphatic heterocycles. The van der Waals surface area contributed by atoms with E-state index >= 15 is 0 Å². The maximum Gasteiger partial charge on any atom is 0.0224 e. The van der Waals surface area contributed by atoms with E-state index in [4.69, 9.17) is 0 Å². The lowest BCUT2D eigenvalue weighted by Crippen LogP contribution is -2.08. The van der Waals surface area contributed by atoms with E-state index in [2.05, 4.69) is 12.2 Å². The van der Waals surface area contributed by atoms with Gasteiger partial charge in [-0.25, -0.2) is 0 Å². The third kappa shape index (κ3) is 1.63. The fourth-order valence-corrected chi connectivity index (χ4v) is 3.38. The summed E-state index contributed by atoms with van der Waals surface area (Å²) in [5.74, 6) is 3.40. The fourth-order valence-electron chi connectivity index (χ4n) is 3.38. The van der Waals surface area contributed by atoms with E-state index in [1.165, 1.54) is 25.7 Å². The van der Waals surface area contributed by atoms with E-state index < -0.39 is 0 Å². The Morgan fingerprint density at radius 3 is 2.77 bits per heavy atom. The lowest BCUT2D eigenvalue weighted by Gasteiger charge is -2.13. The summed E-state index contributed by atoms with van der Waals surface area (Å²) in [4.78, 5) is 0. The van der Waals surface area contributed by atoms with Crippen LogP contribution in [0.25, 0.3) is 0 Å². The average molecular weight is 179 g/mol. The van der Waals surface area contributed by atoms with Crippen molar-refractivity contribution in [1.29, 1.82) is 0 Å². The highest BCUT2D eigenvalue weighted by Gasteiger charge is 2.46. The molecular weight excluding hydrogens is 158 g/mol. The van der Waals surface area contributed by atoms with Crippen molar-refractivity contribution in [2.75, 3.05) is 0 Å². The summed E-state index contributed by atoms with van der Waals surface area (Å²) in [5, 5.41) is 3.54. The second kappa shape index (κ2) is 2.98. The van der Waals surface area contributed by atoms with Crippen LogP contribution in [-0.2, 0) is 0 Å². The zero-order valence-electron chi connectivity index (χ0n) is 8.63. The summed E-state index contributed by atoms with van der Waals surface area (Å²) >= 11 is 0. The van der Waals surface area contributed by atoms with Gasteiger partial charge >= 0.3 is 0 Å². The molecule has 13 heavy (non-hydrogen) atoms. The van der Waals surface area contributed by atoms with Crippen LogP contribution < -0.4 is 5.32 Å². The van der Waals surface area contributed by atoms with E-state index in [1.807, 2.05) is 0 Å². The molecule has 3 rings (SSSR count). The van der Waals surface area contributed by atoms with Crippen molar-refractivity contribution in [3.05, 3.63) is 0 Å². The molecule has 1 saturated heterocycles. The number of hydrogen-bond donors (Lipinski definition) is 1. The molecule has 0 radical (unpaired) electrons. The zero-order chi connectivity index (χ0) is 8.84. The van der Waals surface area contributed by atoms with Gasteiger partial charge in [0.15, 0.2) is 0 Å². The molecule has 1 heterocycles. The predicted octanol–water partition coefficient (Wildman–Crippen LogP) is 2.56. The molecular formula is C12H21N. The minimum Gasteiger partial charge on any atom is -0.308 e. The molecule has 3 fully saturated rings. The molecule has 0 amide bonds. The quantitative estimate of drug-likeness (QED) is 0.646. The molecule has 74 valence electrons. The van der Waals surface area contributed by atoms with Crippen LogP contribution in [0.4, 0.5) is 0 Å². The van der Waals surface area contributed by atoms with E-state index in [1.54, 1.807) is 12.8 Å². The highest BCUT2D eigenvalue weighted by atomic mass is 15.1. The van der Waals surface area contributed by atoms with Crippen molar-refractivity contribution in [2.45, 2.75) is 57.5 Å². The SMILES string of the molecule is CC1NC1CC1CCCCC2CC12. The molecule has 1 nitrogen and oxygen atoms in total. The highest BCUT2D eigenvalue weighted by Crippen LogP contribution is 2.53. The topological polar surface area (TPSA) is 21.9 Å². The van der Waals surface area contributed by atoms with Gasteiger partial charge in [0.25, 0.3) is 0 Å². The number of nitrogens with one attached hydrogen (secondary N) is 1. The van der Waals surface area contributed by atoms with Gasteiger partial charge in [0.1, 0.15) is 0 Å². The third-order valence-electron chi connectivity index (χ3n) is 4.51. The molecule has 1 heteroatoms. The Hall–Kier alpha value is -0.0400. The van der Waals surface area contributed by atoms with Gasteiger partial charge in [0.05, 0.1) is 0 Å². The van der Waals surface area contributed by atoms with Crippen molar-refractivity contribution >= 4 is 0 Å². The molecule has 1 N–H and O–H groups in total. The standard InChI is InChI=1S/C12H21N/c1-8-12(13-8)7-10-5-3-2-4-9-6-11(9)10/h8-13H,2-7H2,1H3. The normalized spacial score (nSPS) is 53.8. The molecule has 2 saturated carbocycles. The van der Waals surface area contributed by atoms with Gasteiger partial charge in [0, 0.05) is 12.1 Å². The Kier molecular flexibility index (Phi) is 1.90. The first-order valence-corrected chi connectivity index (χ1v) is 6.10. The number of hydrogen-bond acceptors (Lipinski definition) is 1. The maximum absolute atomic E-state index is 3.54. The van der Waals surface area contributed by atoms with Gasteiger partial charge in [-0.05, 0) is 37.5 Å². The zero-order valence-corrected chi connectivity index (χ0v) is 8.63. The summed E-state index contributed by atoms with van der Waals surface area (Å²) < 4.78 is 0. The van der Waals surface area contributed by atoms with Gasteiger partial charge in [-0.2, -0.15) is 0 Å². The highest BCUT2D eigenvalue weighted by molar-refractivity contribution is 5.00. The smallest absolute Gasteiger partial charge is 0.0224 e. The van der Waals surface area contributed by atoms with Crippen LogP contribution in [-0.4, -0.2) is 12.1 Å². The lowest BCUT2D eigenvalue weighted by molar-refractivity contribution is 0.388. The van der Waals surface area contributed by atoms with Crippen LogP contribution in [0.15, 0.2) is 0 Å². The average Bonchev–Trinajstić information content (AvgIpc) is 2.91. The van der Waals surface area contributed by atoms with Gasteiger partial charge in [-0.3, -0.25) is 0 Å². The first-order chi connectivity index (χ1) is 6.34. The lowest BCUT2D eigenvalue weighted by atomic mass is 9.92. The Bertz CT molecular complexity index is 201. The monoisotopic (exact) mass is 179 g/mol. The molecule has 0 aromatic rings.